The Balaban J connectivity index is 1.73. The van der Waals surface area contributed by atoms with Gasteiger partial charge in [0.2, 0.25) is 11.8 Å². The first kappa shape index (κ1) is 20.9. The highest BCUT2D eigenvalue weighted by Gasteiger charge is 2.24. The third-order valence-electron chi connectivity index (χ3n) is 5.23. The zero-order valence-corrected chi connectivity index (χ0v) is 17.9. The van der Waals surface area contributed by atoms with Gasteiger partial charge in [-0.3, -0.25) is 14.3 Å². The predicted molar refractivity (Wildman–Crippen MR) is 113 cm³/mol. The van der Waals surface area contributed by atoms with Gasteiger partial charge in [-0.1, -0.05) is 13.8 Å². The Morgan fingerprint density at radius 1 is 1.31 bits per heavy atom. The molecule has 3 rings (SSSR count). The predicted octanol–water partition coefficient (Wildman–Crippen LogP) is 3.47. The Labute approximate surface area is 172 Å². The molecule has 0 aliphatic carbocycles. The van der Waals surface area contributed by atoms with Crippen LogP contribution in [0.4, 0.5) is 11.4 Å². The van der Waals surface area contributed by atoms with Crippen LogP contribution < -0.4 is 15.0 Å². The highest BCUT2D eigenvalue weighted by atomic mass is 16.5. The monoisotopic (exact) mass is 398 g/mol. The van der Waals surface area contributed by atoms with E-state index in [1.54, 1.807) is 18.1 Å². The molecule has 29 heavy (non-hydrogen) atoms. The molecule has 1 N–H and O–H groups in total. The molecule has 2 heterocycles. The number of rotatable bonds is 7. The highest BCUT2D eigenvalue weighted by Crippen LogP contribution is 2.34. The van der Waals surface area contributed by atoms with Crippen molar-refractivity contribution in [2.75, 3.05) is 23.9 Å². The fourth-order valence-corrected chi connectivity index (χ4v) is 3.76. The van der Waals surface area contributed by atoms with Crippen LogP contribution in [0.15, 0.2) is 18.2 Å². The van der Waals surface area contributed by atoms with E-state index in [0.29, 0.717) is 30.3 Å². The Bertz CT molecular complexity index is 917. The molecule has 2 aromatic rings. The number of nitrogens with zero attached hydrogens (tertiary/aromatic N) is 3. The molecule has 156 valence electrons. The molecule has 1 aliphatic heterocycles. The van der Waals surface area contributed by atoms with E-state index >= 15 is 0 Å². The molecule has 1 aromatic heterocycles. The molecule has 1 aromatic carbocycles. The van der Waals surface area contributed by atoms with Gasteiger partial charge in [0.1, 0.15) is 5.75 Å². The number of amides is 2. The van der Waals surface area contributed by atoms with Crippen molar-refractivity contribution in [3.63, 3.8) is 0 Å². The lowest BCUT2D eigenvalue weighted by molar-refractivity contribution is -0.117. The van der Waals surface area contributed by atoms with Crippen LogP contribution in [0.25, 0.3) is 0 Å². The van der Waals surface area contributed by atoms with Crippen molar-refractivity contribution < 1.29 is 14.3 Å². The molecule has 0 spiro atoms. The quantitative estimate of drug-likeness (QED) is 0.775. The summed E-state index contributed by atoms with van der Waals surface area (Å²) in [6.45, 7) is 9.78. The van der Waals surface area contributed by atoms with Crippen molar-refractivity contribution in [1.29, 1.82) is 0 Å². The number of nitrogens with one attached hydrogen (secondary N) is 1. The van der Waals surface area contributed by atoms with Gasteiger partial charge in [-0.05, 0) is 38.3 Å². The van der Waals surface area contributed by atoms with E-state index in [-0.39, 0.29) is 18.2 Å². The van der Waals surface area contributed by atoms with Crippen molar-refractivity contribution in [3.8, 4) is 5.75 Å². The van der Waals surface area contributed by atoms with Gasteiger partial charge < -0.3 is 15.0 Å². The summed E-state index contributed by atoms with van der Waals surface area (Å²) in [5.74, 6) is 1.06. The first-order valence-electron chi connectivity index (χ1n) is 10.1. The Kier molecular flexibility index (Phi) is 6.25. The second-order valence-corrected chi connectivity index (χ2v) is 7.99. The number of hydrogen-bond acceptors (Lipinski definition) is 4. The molecular weight excluding hydrogens is 368 g/mol. The summed E-state index contributed by atoms with van der Waals surface area (Å²) < 4.78 is 7.45. The molecule has 2 amide bonds. The van der Waals surface area contributed by atoms with Crippen molar-refractivity contribution in [2.45, 2.75) is 53.5 Å². The first-order chi connectivity index (χ1) is 13.8. The minimum absolute atomic E-state index is 0.101. The molecule has 7 heteroatoms. The molecule has 0 bridgehead atoms. The smallest absolute Gasteiger partial charge is 0.228 e. The largest absolute Gasteiger partial charge is 0.494 e. The molecule has 0 saturated carbocycles. The van der Waals surface area contributed by atoms with Crippen LogP contribution in [0.3, 0.4) is 0 Å². The molecule has 1 saturated heterocycles. The molecule has 0 radical (unpaired) electrons. The fourth-order valence-electron chi connectivity index (χ4n) is 3.76. The Hall–Kier alpha value is -2.83. The van der Waals surface area contributed by atoms with E-state index in [0.717, 1.165) is 35.6 Å². The normalized spacial score (nSPS) is 14.0. The van der Waals surface area contributed by atoms with Gasteiger partial charge in [0, 0.05) is 42.5 Å². The van der Waals surface area contributed by atoms with Gasteiger partial charge in [-0.2, -0.15) is 5.10 Å². The van der Waals surface area contributed by atoms with Crippen LogP contribution in [-0.4, -0.2) is 35.2 Å². The SMILES string of the molecule is COc1cc(NC(=O)Cc2c(C)nn(CC(C)C)c2C)ccc1N1CCCC1=O. The number of carbonyl (C=O) groups excluding carboxylic acids is 2. The topological polar surface area (TPSA) is 76.5 Å². The zero-order chi connectivity index (χ0) is 21.1. The minimum Gasteiger partial charge on any atom is -0.494 e. The van der Waals surface area contributed by atoms with Crippen LogP contribution >= 0.6 is 0 Å². The van der Waals surface area contributed by atoms with Gasteiger partial charge in [-0.25, -0.2) is 0 Å². The van der Waals surface area contributed by atoms with E-state index < -0.39 is 0 Å². The van der Waals surface area contributed by atoms with E-state index in [1.165, 1.54) is 0 Å². The van der Waals surface area contributed by atoms with E-state index in [4.69, 9.17) is 4.74 Å². The zero-order valence-electron chi connectivity index (χ0n) is 17.9. The van der Waals surface area contributed by atoms with Crippen LogP contribution in [-0.2, 0) is 22.6 Å². The average Bonchev–Trinajstić information content (AvgIpc) is 3.19. The third-order valence-corrected chi connectivity index (χ3v) is 5.23. The van der Waals surface area contributed by atoms with Gasteiger partial charge in [0.25, 0.3) is 0 Å². The minimum atomic E-state index is -0.104. The summed E-state index contributed by atoms with van der Waals surface area (Å²) in [5, 5.41) is 7.52. The summed E-state index contributed by atoms with van der Waals surface area (Å²) >= 11 is 0. The van der Waals surface area contributed by atoms with Crippen LogP contribution in [0.5, 0.6) is 5.75 Å². The van der Waals surface area contributed by atoms with Crippen LogP contribution in [0, 0.1) is 19.8 Å². The maximum atomic E-state index is 12.7. The first-order valence-corrected chi connectivity index (χ1v) is 10.1. The van der Waals surface area contributed by atoms with Gasteiger partial charge >= 0.3 is 0 Å². The molecule has 1 fully saturated rings. The molecule has 0 atom stereocenters. The lowest BCUT2D eigenvalue weighted by atomic mass is 10.1. The van der Waals surface area contributed by atoms with Crippen LogP contribution in [0.1, 0.15) is 43.6 Å². The van der Waals surface area contributed by atoms with Crippen molar-refractivity contribution in [1.82, 2.24) is 9.78 Å². The van der Waals surface area contributed by atoms with Crippen molar-refractivity contribution >= 4 is 23.2 Å². The highest BCUT2D eigenvalue weighted by molar-refractivity contribution is 5.98. The maximum Gasteiger partial charge on any atom is 0.228 e. The average molecular weight is 399 g/mol. The number of aromatic nitrogens is 2. The summed E-state index contributed by atoms with van der Waals surface area (Å²) in [7, 11) is 1.57. The summed E-state index contributed by atoms with van der Waals surface area (Å²) in [6, 6.07) is 5.40. The number of methoxy groups -OCH3 is 1. The molecule has 7 nitrogen and oxygen atoms in total. The number of ether oxygens (including phenoxy) is 1. The van der Waals surface area contributed by atoms with E-state index in [1.807, 2.05) is 30.7 Å². The van der Waals surface area contributed by atoms with Crippen LogP contribution in [0.2, 0.25) is 0 Å². The van der Waals surface area contributed by atoms with E-state index in [9.17, 15) is 9.59 Å². The van der Waals surface area contributed by atoms with Gasteiger partial charge in [-0.15, -0.1) is 0 Å². The van der Waals surface area contributed by atoms with Crippen molar-refractivity contribution in [2.24, 2.45) is 5.92 Å². The number of carbonyl (C=O) groups is 2. The summed E-state index contributed by atoms with van der Waals surface area (Å²) in [4.78, 5) is 26.4. The van der Waals surface area contributed by atoms with Gasteiger partial charge in [0.15, 0.2) is 0 Å². The number of hydrogen-bond donors (Lipinski definition) is 1. The second-order valence-electron chi connectivity index (χ2n) is 7.99. The standard InChI is InChI=1S/C22H30N4O3/c1-14(2)13-26-16(4)18(15(3)24-26)12-21(27)23-17-8-9-19(20(11-17)29-5)25-10-6-7-22(25)28/h8-9,11,14H,6-7,10,12-13H2,1-5H3,(H,23,27). The molecular formula is C22H30N4O3. The Morgan fingerprint density at radius 2 is 2.07 bits per heavy atom. The van der Waals surface area contributed by atoms with Gasteiger partial charge in [0.05, 0.1) is 24.9 Å². The third kappa shape index (κ3) is 4.60. The Morgan fingerprint density at radius 3 is 2.69 bits per heavy atom. The number of aryl methyl sites for hydroxylation is 1. The summed E-state index contributed by atoms with van der Waals surface area (Å²) in [6.07, 6.45) is 1.68. The molecule has 1 aliphatic rings. The fraction of sp³-hybridized carbons (Fsp3) is 0.500. The number of anilines is 2. The number of benzene rings is 1. The lowest BCUT2D eigenvalue weighted by Crippen LogP contribution is -2.24. The maximum absolute atomic E-state index is 12.7. The summed E-state index contributed by atoms with van der Waals surface area (Å²) in [5.41, 5.74) is 4.28. The molecule has 0 unspecified atom stereocenters. The lowest BCUT2D eigenvalue weighted by Gasteiger charge is -2.19. The van der Waals surface area contributed by atoms with Crippen molar-refractivity contribution in [3.05, 3.63) is 35.2 Å². The van der Waals surface area contributed by atoms with E-state index in [2.05, 4.69) is 24.3 Å². The second kappa shape index (κ2) is 8.68.